The fraction of sp³-hybridized carbons (Fsp3) is 0.833. The lowest BCUT2D eigenvalue weighted by Crippen LogP contribution is -2.53. The largest absolute Gasteiger partial charge is 0.103 e. The van der Waals surface area contributed by atoms with E-state index in [-0.39, 0.29) is 0 Å². The van der Waals surface area contributed by atoms with Crippen molar-refractivity contribution in [1.82, 2.24) is 0 Å². The quantitative estimate of drug-likeness (QED) is 0.520. The molecule has 12 heavy (non-hydrogen) atoms. The Labute approximate surface area is 75.0 Å². The van der Waals surface area contributed by atoms with Crippen molar-refractivity contribution in [2.45, 2.75) is 26.2 Å². The van der Waals surface area contributed by atoms with Crippen molar-refractivity contribution in [2.75, 3.05) is 0 Å². The zero-order valence-corrected chi connectivity index (χ0v) is 7.87. The van der Waals surface area contributed by atoms with Crippen LogP contribution in [-0.2, 0) is 0 Å². The van der Waals surface area contributed by atoms with Crippen LogP contribution >= 0.6 is 0 Å². The third-order valence-corrected chi connectivity index (χ3v) is 4.91. The van der Waals surface area contributed by atoms with Gasteiger partial charge < -0.3 is 0 Å². The summed E-state index contributed by atoms with van der Waals surface area (Å²) in [5, 5.41) is 0. The summed E-state index contributed by atoms with van der Waals surface area (Å²) in [6.07, 6.45) is 6.74. The summed E-state index contributed by atoms with van der Waals surface area (Å²) in [7, 11) is 0. The van der Waals surface area contributed by atoms with Crippen LogP contribution in [0.15, 0.2) is 12.7 Å². The van der Waals surface area contributed by atoms with E-state index in [4.69, 9.17) is 0 Å². The first kappa shape index (κ1) is 7.17. The monoisotopic (exact) mass is 162 g/mol. The molecule has 0 aliphatic heterocycles. The average molecular weight is 162 g/mol. The van der Waals surface area contributed by atoms with Crippen LogP contribution in [0.2, 0.25) is 0 Å². The lowest BCUT2D eigenvalue weighted by atomic mass is 9.46. The molecule has 3 rings (SSSR count). The molecule has 0 spiro atoms. The van der Waals surface area contributed by atoms with Crippen LogP contribution in [0, 0.1) is 35.5 Å². The van der Waals surface area contributed by atoms with E-state index in [9.17, 15) is 0 Å². The second kappa shape index (κ2) is 2.16. The molecule has 0 nitrogen and oxygen atoms in total. The van der Waals surface area contributed by atoms with Crippen LogP contribution < -0.4 is 0 Å². The molecule has 0 aromatic carbocycles. The minimum atomic E-state index is 0.881. The van der Waals surface area contributed by atoms with Gasteiger partial charge >= 0.3 is 0 Å². The van der Waals surface area contributed by atoms with Gasteiger partial charge in [0.05, 0.1) is 0 Å². The molecular formula is C12H18. The summed E-state index contributed by atoms with van der Waals surface area (Å²) in [6.45, 7) is 6.43. The topological polar surface area (TPSA) is 0 Å². The molecule has 0 aromatic heterocycles. The van der Waals surface area contributed by atoms with Gasteiger partial charge in [-0.15, -0.1) is 6.58 Å². The Balaban J connectivity index is 1.85. The molecule has 0 radical (unpaired) electrons. The molecule has 3 fully saturated rings. The summed E-state index contributed by atoms with van der Waals surface area (Å²) in [4.78, 5) is 0. The molecular weight excluding hydrogens is 144 g/mol. The molecule has 0 bridgehead atoms. The molecule has 0 aromatic rings. The molecule has 0 saturated heterocycles. The van der Waals surface area contributed by atoms with Gasteiger partial charge in [0.1, 0.15) is 0 Å². The SMILES string of the molecule is C=CC1CC(C)C2C3CCC3C12. The van der Waals surface area contributed by atoms with Gasteiger partial charge in [0, 0.05) is 0 Å². The van der Waals surface area contributed by atoms with Crippen molar-refractivity contribution in [1.29, 1.82) is 0 Å². The first-order chi connectivity index (χ1) is 5.83. The molecule has 3 aliphatic carbocycles. The number of allylic oxidation sites excluding steroid dienone is 1. The molecule has 0 N–H and O–H groups in total. The standard InChI is InChI=1S/C12H18/c1-3-8-6-7(2)11-9-4-5-10(9)12(8)11/h3,7-12H,1,4-6H2,2H3. The van der Waals surface area contributed by atoms with E-state index in [0.29, 0.717) is 0 Å². The van der Waals surface area contributed by atoms with Gasteiger partial charge in [-0.3, -0.25) is 0 Å². The van der Waals surface area contributed by atoms with Crippen molar-refractivity contribution >= 4 is 0 Å². The second-order valence-corrected chi connectivity index (χ2v) is 5.17. The molecule has 3 saturated carbocycles. The van der Waals surface area contributed by atoms with Crippen molar-refractivity contribution in [3.8, 4) is 0 Å². The van der Waals surface area contributed by atoms with Crippen LogP contribution in [0.4, 0.5) is 0 Å². The molecule has 0 heteroatoms. The van der Waals surface area contributed by atoms with Gasteiger partial charge in [0.2, 0.25) is 0 Å². The zero-order valence-electron chi connectivity index (χ0n) is 7.87. The zero-order chi connectivity index (χ0) is 8.29. The second-order valence-electron chi connectivity index (χ2n) is 5.17. The fourth-order valence-corrected chi connectivity index (χ4v) is 4.33. The minimum absolute atomic E-state index is 0.881. The first-order valence-electron chi connectivity index (χ1n) is 5.45. The Morgan fingerprint density at radius 1 is 1.17 bits per heavy atom. The van der Waals surface area contributed by atoms with Gasteiger partial charge in [-0.1, -0.05) is 13.0 Å². The summed E-state index contributed by atoms with van der Waals surface area (Å²) in [5.74, 6) is 6.33. The summed E-state index contributed by atoms with van der Waals surface area (Å²) >= 11 is 0. The molecule has 66 valence electrons. The maximum Gasteiger partial charge on any atom is -0.0200 e. The van der Waals surface area contributed by atoms with E-state index in [1.165, 1.54) is 12.8 Å². The highest BCUT2D eigenvalue weighted by Gasteiger charge is 2.61. The number of hydrogen-bond acceptors (Lipinski definition) is 0. The lowest BCUT2D eigenvalue weighted by molar-refractivity contribution is -0.106. The molecule has 3 aliphatic rings. The van der Waals surface area contributed by atoms with Gasteiger partial charge in [-0.2, -0.15) is 0 Å². The van der Waals surface area contributed by atoms with Crippen molar-refractivity contribution in [3.05, 3.63) is 12.7 Å². The maximum atomic E-state index is 3.98. The summed E-state index contributed by atoms with van der Waals surface area (Å²) < 4.78 is 0. The van der Waals surface area contributed by atoms with Gasteiger partial charge in [-0.25, -0.2) is 0 Å². The predicted molar refractivity (Wildman–Crippen MR) is 50.7 cm³/mol. The van der Waals surface area contributed by atoms with Crippen LogP contribution in [0.25, 0.3) is 0 Å². The van der Waals surface area contributed by atoms with E-state index in [0.717, 1.165) is 35.5 Å². The number of fused-ring (bicyclic) bond motifs is 4. The fourth-order valence-electron chi connectivity index (χ4n) is 4.33. The van der Waals surface area contributed by atoms with Gasteiger partial charge in [0.25, 0.3) is 0 Å². The number of hydrogen-bond donors (Lipinski definition) is 0. The minimum Gasteiger partial charge on any atom is -0.103 e. The lowest BCUT2D eigenvalue weighted by Gasteiger charge is -2.59. The Hall–Kier alpha value is -0.260. The van der Waals surface area contributed by atoms with Crippen LogP contribution in [0.5, 0.6) is 0 Å². The first-order valence-corrected chi connectivity index (χ1v) is 5.45. The Kier molecular flexibility index (Phi) is 1.29. The maximum absolute atomic E-state index is 3.98. The third-order valence-electron chi connectivity index (χ3n) is 4.91. The summed E-state index contributed by atoms with van der Waals surface area (Å²) in [5.41, 5.74) is 0. The summed E-state index contributed by atoms with van der Waals surface area (Å²) in [6, 6.07) is 0. The molecule has 6 unspecified atom stereocenters. The predicted octanol–water partition coefficient (Wildman–Crippen LogP) is 3.10. The Bertz CT molecular complexity index is 218. The Morgan fingerprint density at radius 3 is 2.42 bits per heavy atom. The van der Waals surface area contributed by atoms with Crippen LogP contribution in [-0.4, -0.2) is 0 Å². The van der Waals surface area contributed by atoms with E-state index in [2.05, 4.69) is 19.6 Å². The van der Waals surface area contributed by atoms with E-state index < -0.39 is 0 Å². The smallest absolute Gasteiger partial charge is 0.0200 e. The third kappa shape index (κ3) is 0.616. The van der Waals surface area contributed by atoms with Gasteiger partial charge in [0.15, 0.2) is 0 Å². The average Bonchev–Trinajstić information content (AvgIpc) is 2.28. The highest BCUT2D eigenvalue weighted by molar-refractivity contribution is 5.13. The van der Waals surface area contributed by atoms with Crippen molar-refractivity contribution < 1.29 is 0 Å². The van der Waals surface area contributed by atoms with E-state index >= 15 is 0 Å². The van der Waals surface area contributed by atoms with E-state index in [1.54, 1.807) is 6.42 Å². The molecule has 0 heterocycles. The Morgan fingerprint density at radius 2 is 1.83 bits per heavy atom. The normalized spacial score (nSPS) is 61.1. The number of rotatable bonds is 1. The highest BCUT2D eigenvalue weighted by atomic mass is 14.7. The molecule has 0 amide bonds. The highest BCUT2D eigenvalue weighted by Crippen LogP contribution is 2.68. The van der Waals surface area contributed by atoms with Crippen molar-refractivity contribution in [2.24, 2.45) is 35.5 Å². The van der Waals surface area contributed by atoms with E-state index in [1.807, 2.05) is 0 Å². The van der Waals surface area contributed by atoms with Crippen molar-refractivity contribution in [3.63, 3.8) is 0 Å². The van der Waals surface area contributed by atoms with Crippen LogP contribution in [0.1, 0.15) is 26.2 Å². The van der Waals surface area contributed by atoms with Crippen LogP contribution in [0.3, 0.4) is 0 Å². The molecule has 6 atom stereocenters. The van der Waals surface area contributed by atoms with Gasteiger partial charge in [-0.05, 0) is 54.8 Å².